The largest absolute Gasteiger partial charge is 0.434 e. The maximum absolute atomic E-state index is 12.7. The van der Waals surface area contributed by atoms with Crippen molar-refractivity contribution in [3.63, 3.8) is 0 Å². The molecule has 0 radical (unpaired) electrons. The number of Topliss-reactive ketones (excluding diaryl/α,β-unsaturated/α-hetero) is 1. The Hall–Kier alpha value is -3.11. The van der Waals surface area contributed by atoms with Gasteiger partial charge in [-0.25, -0.2) is 9.97 Å². The molecule has 0 atom stereocenters. The maximum atomic E-state index is 12.7. The van der Waals surface area contributed by atoms with Gasteiger partial charge in [0.2, 0.25) is 0 Å². The lowest BCUT2D eigenvalue weighted by atomic mass is 10.0. The minimum Gasteiger partial charge on any atom is -0.288 e. The van der Waals surface area contributed by atoms with E-state index >= 15 is 0 Å². The lowest BCUT2D eigenvalue weighted by Crippen LogP contribution is -2.14. The molecule has 2 heterocycles. The molecule has 0 bridgehead atoms. The highest BCUT2D eigenvalue weighted by molar-refractivity contribution is 6.40. The summed E-state index contributed by atoms with van der Waals surface area (Å²) < 4.78 is 75.9. The highest BCUT2D eigenvalue weighted by Gasteiger charge is 2.35. The molecule has 2 aromatic heterocycles. The fourth-order valence-corrected chi connectivity index (χ4v) is 1.71. The van der Waals surface area contributed by atoms with Gasteiger partial charge in [0.15, 0.2) is 17.2 Å². The second kappa shape index (κ2) is 6.65. The van der Waals surface area contributed by atoms with Gasteiger partial charge < -0.3 is 0 Å². The molecule has 0 fully saturated rings. The highest BCUT2D eigenvalue weighted by atomic mass is 19.4. The zero-order chi connectivity index (χ0) is 19.7. The first kappa shape index (κ1) is 19.2. The van der Waals surface area contributed by atoms with Gasteiger partial charge in [0.05, 0.1) is 36.2 Å². The Labute approximate surface area is 142 Å². The molecule has 136 valence electrons. The normalized spacial score (nSPS) is 11.9. The van der Waals surface area contributed by atoms with Crippen molar-refractivity contribution in [1.82, 2.24) is 19.9 Å². The van der Waals surface area contributed by atoms with Crippen molar-refractivity contribution in [2.75, 3.05) is 0 Å². The molecule has 0 aromatic carbocycles. The predicted molar refractivity (Wildman–Crippen MR) is 77.1 cm³/mol. The lowest BCUT2D eigenvalue weighted by molar-refractivity contribution is -0.142. The summed E-state index contributed by atoms with van der Waals surface area (Å²) in [7, 11) is 0. The number of nitrogens with zero attached hydrogens (tertiary/aromatic N) is 4. The van der Waals surface area contributed by atoms with Crippen molar-refractivity contribution in [2.24, 2.45) is 0 Å². The Bertz CT molecular complexity index is 817. The van der Waals surface area contributed by atoms with E-state index in [1.165, 1.54) is 0 Å². The standard InChI is InChI=1S/C15H8F6N4O/c1-7(9-3-22-5-11(24-9)14(16,17)18)13(26)8(2)10-4-23-6-12(25-10)15(19,20)21/h3-6H,1-2H2. The summed E-state index contributed by atoms with van der Waals surface area (Å²) in [5.74, 6) is -1.05. The van der Waals surface area contributed by atoms with E-state index in [4.69, 9.17) is 0 Å². The van der Waals surface area contributed by atoms with Crippen LogP contribution < -0.4 is 0 Å². The first-order valence-electron chi connectivity index (χ1n) is 6.63. The van der Waals surface area contributed by atoms with Crippen molar-refractivity contribution in [2.45, 2.75) is 12.4 Å². The Kier molecular flexibility index (Phi) is 4.92. The Balaban J connectivity index is 2.32. The summed E-state index contributed by atoms with van der Waals surface area (Å²) in [4.78, 5) is 25.4. The van der Waals surface area contributed by atoms with E-state index in [0.29, 0.717) is 12.4 Å². The molecule has 0 saturated carbocycles. The Morgan fingerprint density at radius 3 is 1.38 bits per heavy atom. The van der Waals surface area contributed by atoms with Crippen molar-refractivity contribution < 1.29 is 31.1 Å². The first-order valence-corrected chi connectivity index (χ1v) is 6.63. The van der Waals surface area contributed by atoms with Gasteiger partial charge in [0, 0.05) is 11.1 Å². The molecule has 0 unspecified atom stereocenters. The smallest absolute Gasteiger partial charge is 0.288 e. The van der Waals surface area contributed by atoms with Gasteiger partial charge in [0.25, 0.3) is 0 Å². The fourth-order valence-electron chi connectivity index (χ4n) is 1.71. The molecule has 26 heavy (non-hydrogen) atoms. The summed E-state index contributed by atoms with van der Waals surface area (Å²) in [6.07, 6.45) is -6.96. The Morgan fingerprint density at radius 1 is 0.731 bits per heavy atom. The number of carbonyl (C=O) groups is 1. The maximum Gasteiger partial charge on any atom is 0.434 e. The molecule has 5 nitrogen and oxygen atoms in total. The van der Waals surface area contributed by atoms with E-state index in [2.05, 4.69) is 33.1 Å². The summed E-state index contributed by atoms with van der Waals surface area (Å²) in [5, 5.41) is 0. The average molecular weight is 374 g/mol. The van der Waals surface area contributed by atoms with E-state index in [-0.39, 0.29) is 0 Å². The average Bonchev–Trinajstić information content (AvgIpc) is 2.58. The van der Waals surface area contributed by atoms with Gasteiger partial charge >= 0.3 is 12.4 Å². The van der Waals surface area contributed by atoms with Crippen LogP contribution in [0.25, 0.3) is 11.1 Å². The van der Waals surface area contributed by atoms with Crippen LogP contribution in [0, 0.1) is 0 Å². The number of allylic oxidation sites excluding steroid dienone is 2. The SMILES string of the molecule is C=C(C(=O)C(=C)c1cncc(C(F)(F)F)n1)c1cncc(C(F)(F)F)n1. The molecule has 0 amide bonds. The third kappa shape index (κ3) is 4.10. The van der Waals surface area contributed by atoms with Crippen LogP contribution in [0.4, 0.5) is 26.3 Å². The van der Waals surface area contributed by atoms with Gasteiger partial charge in [-0.1, -0.05) is 13.2 Å². The van der Waals surface area contributed by atoms with E-state index in [1.54, 1.807) is 0 Å². The molecular weight excluding hydrogens is 366 g/mol. The molecular formula is C15H8F6N4O. The molecule has 11 heteroatoms. The Morgan fingerprint density at radius 2 is 1.08 bits per heavy atom. The van der Waals surface area contributed by atoms with E-state index in [1.807, 2.05) is 0 Å². The van der Waals surface area contributed by atoms with Crippen LogP contribution in [0.2, 0.25) is 0 Å². The third-order valence-corrected chi connectivity index (χ3v) is 3.02. The fraction of sp³-hybridized carbons (Fsp3) is 0.133. The molecule has 0 saturated heterocycles. The van der Waals surface area contributed by atoms with Gasteiger partial charge in [-0.3, -0.25) is 14.8 Å². The van der Waals surface area contributed by atoms with Crippen LogP contribution in [-0.2, 0) is 17.1 Å². The topological polar surface area (TPSA) is 68.6 Å². The number of aromatic nitrogens is 4. The van der Waals surface area contributed by atoms with E-state index in [9.17, 15) is 31.1 Å². The van der Waals surface area contributed by atoms with Crippen molar-refractivity contribution >= 4 is 16.9 Å². The third-order valence-electron chi connectivity index (χ3n) is 3.02. The number of halogens is 6. The minimum atomic E-state index is -4.80. The number of ketones is 1. The van der Waals surface area contributed by atoms with Crippen LogP contribution in [0.15, 0.2) is 37.9 Å². The van der Waals surface area contributed by atoms with Crippen molar-refractivity contribution in [1.29, 1.82) is 0 Å². The minimum absolute atomic E-state index is 0.453. The molecule has 0 N–H and O–H groups in total. The van der Waals surface area contributed by atoms with Gasteiger partial charge in [-0.05, 0) is 0 Å². The van der Waals surface area contributed by atoms with Crippen LogP contribution in [0.1, 0.15) is 22.8 Å². The zero-order valence-corrected chi connectivity index (χ0v) is 12.7. The predicted octanol–water partition coefficient (Wildman–Crippen LogP) is 3.60. The number of rotatable bonds is 4. The number of carbonyl (C=O) groups excluding carboxylic acids is 1. The highest BCUT2D eigenvalue weighted by Crippen LogP contribution is 2.30. The monoisotopic (exact) mass is 374 g/mol. The van der Waals surface area contributed by atoms with E-state index < -0.39 is 52.1 Å². The number of alkyl halides is 6. The molecule has 0 aliphatic rings. The summed E-state index contributed by atoms with van der Waals surface area (Å²) in [6.45, 7) is 6.63. The van der Waals surface area contributed by atoms with Crippen LogP contribution in [0.5, 0.6) is 0 Å². The first-order chi connectivity index (χ1) is 11.9. The second-order valence-corrected chi connectivity index (χ2v) is 4.86. The van der Waals surface area contributed by atoms with Crippen LogP contribution in [0.3, 0.4) is 0 Å². The zero-order valence-electron chi connectivity index (χ0n) is 12.7. The molecule has 0 aliphatic heterocycles. The second-order valence-electron chi connectivity index (χ2n) is 4.86. The van der Waals surface area contributed by atoms with Gasteiger partial charge in [0.1, 0.15) is 0 Å². The molecule has 0 aliphatic carbocycles. The lowest BCUT2D eigenvalue weighted by Gasteiger charge is -2.10. The summed E-state index contributed by atoms with van der Waals surface area (Å²) in [5.41, 5.74) is -4.76. The van der Waals surface area contributed by atoms with Crippen molar-refractivity contribution in [3.8, 4) is 0 Å². The number of hydrogen-bond donors (Lipinski definition) is 0. The van der Waals surface area contributed by atoms with Gasteiger partial charge in [-0.2, -0.15) is 26.3 Å². The van der Waals surface area contributed by atoms with E-state index in [0.717, 1.165) is 12.4 Å². The van der Waals surface area contributed by atoms with Gasteiger partial charge in [-0.15, -0.1) is 0 Å². The number of hydrogen-bond acceptors (Lipinski definition) is 5. The molecule has 2 rings (SSSR count). The van der Waals surface area contributed by atoms with Crippen LogP contribution in [-0.4, -0.2) is 25.7 Å². The quantitative estimate of drug-likeness (QED) is 0.604. The molecule has 0 spiro atoms. The summed E-state index contributed by atoms with van der Waals surface area (Å²) in [6, 6.07) is 0. The molecule has 2 aromatic rings. The van der Waals surface area contributed by atoms with Crippen LogP contribution >= 0.6 is 0 Å². The summed E-state index contributed by atoms with van der Waals surface area (Å²) >= 11 is 0. The van der Waals surface area contributed by atoms with Crippen molar-refractivity contribution in [3.05, 3.63) is 60.7 Å².